The molecule has 1 amide bonds. The van der Waals surface area contributed by atoms with Crippen molar-refractivity contribution in [3.8, 4) is 16.6 Å². The van der Waals surface area contributed by atoms with E-state index in [1.54, 1.807) is 19.9 Å². The summed E-state index contributed by atoms with van der Waals surface area (Å²) < 4.78 is 68.6. The molecular weight excluding hydrogens is 698 g/mol. The minimum absolute atomic E-state index is 0.0103. The molecule has 4 unspecified atom stereocenters. The molecule has 5 rings (SSSR count). The molecular formula is C29H35F4N7O9S. The summed E-state index contributed by atoms with van der Waals surface area (Å²) in [6.45, 7) is 2.95. The quantitative estimate of drug-likeness (QED) is 0.0765. The summed E-state index contributed by atoms with van der Waals surface area (Å²) in [6, 6.07) is 1.94. The first-order valence-corrected chi connectivity index (χ1v) is 16.1. The van der Waals surface area contributed by atoms with Gasteiger partial charge in [0.25, 0.3) is 11.8 Å². The summed E-state index contributed by atoms with van der Waals surface area (Å²) >= 11 is 0.910. The van der Waals surface area contributed by atoms with Crippen LogP contribution in [0.2, 0.25) is 0 Å². The van der Waals surface area contributed by atoms with Gasteiger partial charge >= 0.3 is 18.4 Å². The SMILES string of the molecule is CCC1CC(Nc2cccc3c(CC(F)(F)F)c(-c4noc(CNC(=O)c5cn(C)nc5OC(O)(O)O)n4)sc23)C(F)C(CC)N1C(O)(O)O. The van der Waals surface area contributed by atoms with Crippen LogP contribution in [0, 0.1) is 0 Å². The summed E-state index contributed by atoms with van der Waals surface area (Å²) in [5.74, 6) is -1.91. The van der Waals surface area contributed by atoms with Gasteiger partial charge < -0.3 is 50.5 Å². The largest absolute Gasteiger partial charge is 0.454 e. The van der Waals surface area contributed by atoms with Gasteiger partial charge in [-0.1, -0.05) is 31.1 Å². The van der Waals surface area contributed by atoms with Gasteiger partial charge in [0, 0.05) is 19.3 Å². The highest BCUT2D eigenvalue weighted by molar-refractivity contribution is 7.23. The number of carbonyl (C=O) groups is 1. The first-order chi connectivity index (χ1) is 23.3. The smallest absolute Gasteiger partial charge is 0.396 e. The monoisotopic (exact) mass is 733 g/mol. The van der Waals surface area contributed by atoms with E-state index >= 15 is 4.39 Å². The van der Waals surface area contributed by atoms with E-state index in [-0.39, 0.29) is 45.9 Å². The lowest BCUT2D eigenvalue weighted by atomic mass is 9.86. The number of carbonyl (C=O) groups excluding carboxylic acids is 1. The number of nitrogens with zero attached hydrogens (tertiary/aromatic N) is 5. The first-order valence-electron chi connectivity index (χ1n) is 15.3. The van der Waals surface area contributed by atoms with E-state index in [0.717, 1.165) is 27.1 Å². The van der Waals surface area contributed by atoms with Gasteiger partial charge in [0.15, 0.2) is 0 Å². The Hall–Kier alpha value is -3.96. The lowest BCUT2D eigenvalue weighted by Crippen LogP contribution is -2.67. The Kier molecular flexibility index (Phi) is 10.4. The molecule has 0 radical (unpaired) electrons. The molecule has 1 aromatic carbocycles. The Balaban J connectivity index is 1.43. The molecule has 4 atom stereocenters. The molecule has 274 valence electrons. The van der Waals surface area contributed by atoms with Crippen molar-refractivity contribution in [3.05, 3.63) is 41.4 Å². The Labute approximate surface area is 284 Å². The van der Waals surface area contributed by atoms with Crippen LogP contribution in [0.3, 0.4) is 0 Å². The van der Waals surface area contributed by atoms with Crippen molar-refractivity contribution in [2.75, 3.05) is 5.32 Å². The van der Waals surface area contributed by atoms with Crippen molar-refractivity contribution in [1.82, 2.24) is 30.1 Å². The van der Waals surface area contributed by atoms with Crippen LogP contribution in [-0.2, 0) is 20.0 Å². The molecule has 4 aromatic rings. The molecule has 4 heterocycles. The first kappa shape index (κ1) is 37.3. The number of ether oxygens (including phenoxy) is 1. The number of benzene rings is 1. The molecule has 16 nitrogen and oxygen atoms in total. The number of piperidine rings is 1. The summed E-state index contributed by atoms with van der Waals surface area (Å²) in [6.07, 6.45) is -12.9. The number of hydrogen-bond acceptors (Lipinski definition) is 15. The molecule has 0 bridgehead atoms. The fourth-order valence-electron chi connectivity index (χ4n) is 6.16. The third kappa shape index (κ3) is 8.15. The van der Waals surface area contributed by atoms with Gasteiger partial charge in [-0.3, -0.25) is 9.48 Å². The van der Waals surface area contributed by atoms with E-state index in [4.69, 9.17) is 19.8 Å². The van der Waals surface area contributed by atoms with Gasteiger partial charge in [-0.25, -0.2) is 9.29 Å². The highest BCUT2D eigenvalue weighted by Crippen LogP contribution is 2.44. The Bertz CT molecular complexity index is 1820. The maximum absolute atomic E-state index is 15.9. The van der Waals surface area contributed by atoms with Gasteiger partial charge in [-0.05, 0) is 36.3 Å². The van der Waals surface area contributed by atoms with E-state index in [9.17, 15) is 33.3 Å². The third-order valence-electron chi connectivity index (χ3n) is 8.15. The van der Waals surface area contributed by atoms with E-state index in [2.05, 4.69) is 30.6 Å². The van der Waals surface area contributed by atoms with E-state index < -0.39 is 67.5 Å². The van der Waals surface area contributed by atoms with Gasteiger partial charge in [0.2, 0.25) is 11.7 Å². The highest BCUT2D eigenvalue weighted by Gasteiger charge is 2.50. The topological polar surface area (TPSA) is 232 Å². The second kappa shape index (κ2) is 14.0. The van der Waals surface area contributed by atoms with Crippen molar-refractivity contribution in [1.29, 1.82) is 0 Å². The predicted molar refractivity (Wildman–Crippen MR) is 166 cm³/mol. The highest BCUT2D eigenvalue weighted by atomic mass is 32.1. The molecule has 1 fully saturated rings. The zero-order chi connectivity index (χ0) is 36.8. The Morgan fingerprint density at radius 1 is 1.14 bits per heavy atom. The van der Waals surface area contributed by atoms with E-state index in [0.29, 0.717) is 16.8 Å². The number of aromatic nitrogens is 4. The Morgan fingerprint density at radius 3 is 2.48 bits per heavy atom. The minimum Gasteiger partial charge on any atom is -0.396 e. The molecule has 3 aromatic heterocycles. The minimum atomic E-state index is -4.64. The van der Waals surface area contributed by atoms with Gasteiger partial charge in [0.05, 0.1) is 40.3 Å². The number of rotatable bonds is 12. The number of halogens is 4. The fourth-order valence-corrected chi connectivity index (χ4v) is 7.38. The van der Waals surface area contributed by atoms with Crippen LogP contribution in [0.15, 0.2) is 28.9 Å². The van der Waals surface area contributed by atoms with Gasteiger partial charge in [-0.15, -0.1) is 16.4 Å². The number of likely N-dealkylation sites (tertiary alicyclic amines) is 1. The molecule has 21 heteroatoms. The van der Waals surface area contributed by atoms with E-state index in [1.807, 2.05) is 0 Å². The number of amides is 1. The number of hydrogen-bond donors (Lipinski definition) is 8. The molecule has 0 saturated carbocycles. The summed E-state index contributed by atoms with van der Waals surface area (Å²) in [5, 5.41) is 70.4. The van der Waals surface area contributed by atoms with Crippen LogP contribution < -0.4 is 15.4 Å². The second-order valence-electron chi connectivity index (χ2n) is 11.8. The average molecular weight is 734 g/mol. The second-order valence-corrected chi connectivity index (χ2v) is 12.8. The molecule has 1 saturated heterocycles. The van der Waals surface area contributed by atoms with E-state index in [1.165, 1.54) is 19.2 Å². The number of fused-ring (bicyclic) bond motifs is 1. The van der Waals surface area contributed by atoms with Crippen LogP contribution in [0.5, 0.6) is 5.88 Å². The molecule has 8 N–H and O–H groups in total. The number of nitrogens with one attached hydrogen (secondary N) is 2. The van der Waals surface area contributed by atoms with Gasteiger partial charge in [0.1, 0.15) is 11.7 Å². The molecule has 1 aliphatic heterocycles. The molecule has 50 heavy (non-hydrogen) atoms. The van der Waals surface area contributed by atoms with Crippen LogP contribution in [0.4, 0.5) is 23.2 Å². The van der Waals surface area contributed by atoms with Crippen molar-refractivity contribution in [2.24, 2.45) is 7.05 Å². The number of alkyl halides is 4. The van der Waals surface area contributed by atoms with Crippen LogP contribution in [-0.4, -0.2) is 104 Å². The Morgan fingerprint density at radius 2 is 1.86 bits per heavy atom. The molecule has 0 spiro atoms. The standard InChI is InChI=1S/C29H35F4N7O9S/c1-4-13-9-18(21(30)19(5-2)40(13)28(42,43)44)35-17-8-6-7-14-15(10-27(31,32)33)23(50-22(14)17)24-36-20(49-38-24)11-34-25(41)16-12-39(3)37-26(16)48-29(45,46)47/h6-8,12-13,18-19,21,35,42-47H,4-5,9-11H2,1-3H3,(H,34,41). The van der Waals surface area contributed by atoms with Crippen molar-refractivity contribution < 1.29 is 62.3 Å². The predicted octanol–water partition coefficient (Wildman–Crippen LogP) is 1.66. The van der Waals surface area contributed by atoms with Crippen LogP contribution in [0.1, 0.15) is 54.9 Å². The molecule has 0 aliphatic carbocycles. The average Bonchev–Trinajstić information content (AvgIpc) is 3.72. The fraction of sp³-hybridized carbons (Fsp3) is 0.517. The zero-order valence-corrected chi connectivity index (χ0v) is 27.5. The van der Waals surface area contributed by atoms with Crippen molar-refractivity contribution >= 4 is 33.0 Å². The zero-order valence-electron chi connectivity index (χ0n) is 26.7. The van der Waals surface area contributed by atoms with Crippen LogP contribution in [0.25, 0.3) is 20.8 Å². The molecule has 1 aliphatic rings. The number of aryl methyl sites for hydroxylation is 1. The number of anilines is 1. The number of aliphatic hydroxyl groups is 6. The maximum Gasteiger partial charge on any atom is 0.454 e. The lowest BCUT2D eigenvalue weighted by Gasteiger charge is -2.49. The van der Waals surface area contributed by atoms with Crippen LogP contribution >= 0.6 is 11.3 Å². The normalized spacial score (nSPS) is 20.7. The van der Waals surface area contributed by atoms with Gasteiger partial charge in [-0.2, -0.15) is 18.2 Å². The summed E-state index contributed by atoms with van der Waals surface area (Å²) in [4.78, 5) is 17.8. The maximum atomic E-state index is 15.9. The summed E-state index contributed by atoms with van der Waals surface area (Å²) in [5.41, 5.74) is -0.157. The van der Waals surface area contributed by atoms with Crippen molar-refractivity contribution in [2.45, 2.75) is 88.8 Å². The lowest BCUT2D eigenvalue weighted by molar-refractivity contribution is -0.420. The third-order valence-corrected chi connectivity index (χ3v) is 9.42. The summed E-state index contributed by atoms with van der Waals surface area (Å²) in [7, 11) is 1.39. The van der Waals surface area contributed by atoms with Crippen molar-refractivity contribution in [3.63, 3.8) is 0 Å². The number of thiophene rings is 1.